The van der Waals surface area contributed by atoms with E-state index in [9.17, 15) is 4.79 Å². The number of benzene rings is 2. The SMILES string of the molecule is Cn1cnc(-c2ccc3c(Oc4ccc5c(C(=O)NC(O)(O)O)coc5c4)ccnc3c2)c1. The number of nitrogens with one attached hydrogen (secondary N) is 1. The maximum absolute atomic E-state index is 12.1. The molecule has 10 nitrogen and oxygen atoms in total. The molecule has 5 aromatic rings. The van der Waals surface area contributed by atoms with E-state index >= 15 is 0 Å². The molecule has 0 aliphatic heterocycles. The van der Waals surface area contributed by atoms with Gasteiger partial charge in [-0.3, -0.25) is 15.1 Å². The molecule has 1 amide bonds. The average molecular weight is 446 g/mol. The number of hydrogen-bond donors (Lipinski definition) is 4. The standard InChI is InChI=1S/C23H18N4O6/c1-27-10-19(25-12-27)13-2-4-16-18(8-13)24-7-6-20(16)33-14-3-5-15-17(11-32-21(15)9-14)22(28)26-23(29,30)31/h2-12,29-31H,1H3,(H,26,28). The first-order valence-electron chi connectivity index (χ1n) is 9.83. The zero-order valence-corrected chi connectivity index (χ0v) is 17.3. The number of hydrogen-bond acceptors (Lipinski definition) is 8. The maximum Gasteiger partial charge on any atom is 0.369 e. The van der Waals surface area contributed by atoms with Crippen LogP contribution in [0.5, 0.6) is 11.5 Å². The molecule has 166 valence electrons. The molecule has 0 bridgehead atoms. The van der Waals surface area contributed by atoms with Crippen LogP contribution in [0.4, 0.5) is 0 Å². The van der Waals surface area contributed by atoms with E-state index in [0.29, 0.717) is 22.5 Å². The van der Waals surface area contributed by atoms with Gasteiger partial charge in [-0.2, -0.15) is 0 Å². The van der Waals surface area contributed by atoms with Crippen molar-refractivity contribution in [2.45, 2.75) is 6.10 Å². The largest absolute Gasteiger partial charge is 0.463 e. The van der Waals surface area contributed by atoms with Crippen LogP contribution in [0, 0.1) is 0 Å². The van der Waals surface area contributed by atoms with Crippen molar-refractivity contribution in [1.29, 1.82) is 0 Å². The van der Waals surface area contributed by atoms with Gasteiger partial charge in [-0.15, -0.1) is 0 Å². The summed E-state index contributed by atoms with van der Waals surface area (Å²) in [5, 5.41) is 29.7. The molecule has 4 N–H and O–H groups in total. The van der Waals surface area contributed by atoms with Crippen LogP contribution in [0.25, 0.3) is 33.1 Å². The van der Waals surface area contributed by atoms with Crippen LogP contribution < -0.4 is 10.1 Å². The quantitative estimate of drug-likeness (QED) is 0.302. The third-order valence-electron chi connectivity index (χ3n) is 5.00. The summed E-state index contributed by atoms with van der Waals surface area (Å²) in [4.78, 5) is 20.9. The minimum absolute atomic E-state index is 0.0227. The average Bonchev–Trinajstić information content (AvgIpc) is 3.38. The number of aliphatic hydroxyl groups is 3. The molecular weight excluding hydrogens is 428 g/mol. The second kappa shape index (κ2) is 7.71. The Labute approximate surface area is 186 Å². The Balaban J connectivity index is 1.44. The van der Waals surface area contributed by atoms with Crippen LogP contribution in [0.1, 0.15) is 10.4 Å². The fraction of sp³-hybridized carbons (Fsp3) is 0.0870. The van der Waals surface area contributed by atoms with Gasteiger partial charge in [0, 0.05) is 41.8 Å². The molecule has 0 unspecified atom stereocenters. The number of nitrogens with zero attached hydrogens (tertiary/aromatic N) is 3. The highest BCUT2D eigenvalue weighted by molar-refractivity contribution is 6.06. The zero-order valence-electron chi connectivity index (χ0n) is 17.3. The van der Waals surface area contributed by atoms with Crippen molar-refractivity contribution in [3.05, 3.63) is 73.0 Å². The second-order valence-electron chi connectivity index (χ2n) is 7.46. The van der Waals surface area contributed by atoms with Gasteiger partial charge < -0.3 is 29.0 Å². The van der Waals surface area contributed by atoms with Crippen LogP contribution >= 0.6 is 0 Å². The Morgan fingerprint density at radius 1 is 1.09 bits per heavy atom. The van der Waals surface area contributed by atoms with Gasteiger partial charge in [0.05, 0.1) is 23.1 Å². The zero-order chi connectivity index (χ0) is 23.2. The minimum Gasteiger partial charge on any atom is -0.463 e. The lowest BCUT2D eigenvalue weighted by molar-refractivity contribution is -0.323. The number of amides is 1. The smallest absolute Gasteiger partial charge is 0.369 e. The van der Waals surface area contributed by atoms with Gasteiger partial charge in [-0.1, -0.05) is 6.07 Å². The minimum atomic E-state index is -3.33. The van der Waals surface area contributed by atoms with Crippen LogP contribution in [-0.4, -0.2) is 41.9 Å². The lowest BCUT2D eigenvalue weighted by atomic mass is 10.1. The van der Waals surface area contributed by atoms with Gasteiger partial charge >= 0.3 is 6.10 Å². The van der Waals surface area contributed by atoms with E-state index in [4.69, 9.17) is 24.5 Å². The molecule has 0 fully saturated rings. The van der Waals surface area contributed by atoms with Crippen molar-refractivity contribution >= 4 is 27.8 Å². The highest BCUT2D eigenvalue weighted by Gasteiger charge is 2.24. The number of fused-ring (bicyclic) bond motifs is 2. The van der Waals surface area contributed by atoms with Crippen molar-refractivity contribution in [1.82, 2.24) is 19.9 Å². The Morgan fingerprint density at radius 3 is 2.67 bits per heavy atom. The van der Waals surface area contributed by atoms with Crippen LogP contribution in [0.15, 0.2) is 71.9 Å². The Bertz CT molecular complexity index is 1500. The van der Waals surface area contributed by atoms with Gasteiger partial charge in [0.25, 0.3) is 5.91 Å². The summed E-state index contributed by atoms with van der Waals surface area (Å²) in [6.45, 7) is 0. The number of aryl methyl sites for hydroxylation is 1. The van der Waals surface area contributed by atoms with Crippen molar-refractivity contribution in [3.8, 4) is 22.8 Å². The number of pyridine rings is 1. The molecule has 3 aromatic heterocycles. The van der Waals surface area contributed by atoms with E-state index in [1.165, 1.54) is 0 Å². The Morgan fingerprint density at radius 2 is 1.91 bits per heavy atom. The number of carbonyl (C=O) groups excluding carboxylic acids is 1. The van der Waals surface area contributed by atoms with E-state index in [1.807, 2.05) is 36.0 Å². The van der Waals surface area contributed by atoms with Crippen LogP contribution in [0.2, 0.25) is 0 Å². The highest BCUT2D eigenvalue weighted by Crippen LogP contribution is 2.33. The molecule has 0 saturated heterocycles. The summed E-state index contributed by atoms with van der Waals surface area (Å²) in [7, 11) is 1.91. The van der Waals surface area contributed by atoms with Crippen LogP contribution in [-0.2, 0) is 7.05 Å². The molecule has 0 aliphatic carbocycles. The van der Waals surface area contributed by atoms with E-state index < -0.39 is 12.0 Å². The summed E-state index contributed by atoms with van der Waals surface area (Å²) in [6, 6.07) is 12.4. The number of aromatic nitrogens is 3. The molecule has 33 heavy (non-hydrogen) atoms. The third kappa shape index (κ3) is 4.13. The fourth-order valence-electron chi connectivity index (χ4n) is 3.53. The first kappa shape index (κ1) is 20.6. The van der Waals surface area contributed by atoms with Gasteiger partial charge in [0.2, 0.25) is 0 Å². The fourth-order valence-corrected chi connectivity index (χ4v) is 3.53. The van der Waals surface area contributed by atoms with Gasteiger partial charge in [0.15, 0.2) is 0 Å². The first-order chi connectivity index (χ1) is 15.8. The van der Waals surface area contributed by atoms with Gasteiger partial charge in [-0.25, -0.2) is 4.98 Å². The van der Waals surface area contributed by atoms with Crippen molar-refractivity contribution in [3.63, 3.8) is 0 Å². The van der Waals surface area contributed by atoms with Crippen molar-refractivity contribution in [2.24, 2.45) is 7.05 Å². The predicted octanol–water partition coefficient (Wildman–Crippen LogP) is 2.49. The monoisotopic (exact) mass is 446 g/mol. The van der Waals surface area contributed by atoms with Crippen molar-refractivity contribution in [2.75, 3.05) is 0 Å². The van der Waals surface area contributed by atoms with E-state index in [0.717, 1.165) is 28.4 Å². The van der Waals surface area contributed by atoms with E-state index in [1.54, 1.807) is 42.1 Å². The lowest BCUT2D eigenvalue weighted by Gasteiger charge is -2.14. The maximum atomic E-state index is 12.1. The molecule has 0 aliphatic rings. The molecule has 5 rings (SSSR count). The Hall–Kier alpha value is -4.25. The number of furan rings is 1. The molecule has 10 heteroatoms. The molecule has 0 atom stereocenters. The summed E-state index contributed by atoms with van der Waals surface area (Å²) >= 11 is 0. The first-order valence-corrected chi connectivity index (χ1v) is 9.83. The molecule has 3 heterocycles. The number of imidazole rings is 1. The topological polar surface area (TPSA) is 143 Å². The van der Waals surface area contributed by atoms with Crippen molar-refractivity contribution < 1.29 is 29.3 Å². The summed E-state index contributed by atoms with van der Waals surface area (Å²) in [5.74, 6) is 0.131. The predicted molar refractivity (Wildman–Crippen MR) is 117 cm³/mol. The summed E-state index contributed by atoms with van der Waals surface area (Å²) in [5.41, 5.74) is 2.89. The Kier molecular flexibility index (Phi) is 4.82. The molecule has 2 aromatic carbocycles. The number of carbonyl (C=O) groups is 1. The second-order valence-corrected chi connectivity index (χ2v) is 7.46. The molecule has 0 spiro atoms. The summed E-state index contributed by atoms with van der Waals surface area (Å²) < 4.78 is 13.3. The van der Waals surface area contributed by atoms with E-state index in [2.05, 4.69) is 9.97 Å². The van der Waals surface area contributed by atoms with Gasteiger partial charge in [0.1, 0.15) is 23.3 Å². The van der Waals surface area contributed by atoms with Gasteiger partial charge in [-0.05, 0) is 30.3 Å². The molecule has 0 radical (unpaired) electrons. The number of ether oxygens (including phenoxy) is 1. The molecular formula is C23H18N4O6. The number of rotatable bonds is 5. The summed E-state index contributed by atoms with van der Waals surface area (Å²) in [6.07, 6.45) is 3.13. The highest BCUT2D eigenvalue weighted by atomic mass is 16.7. The van der Waals surface area contributed by atoms with E-state index in [-0.39, 0.29) is 5.56 Å². The normalized spacial score (nSPS) is 11.8. The van der Waals surface area contributed by atoms with Crippen LogP contribution in [0.3, 0.4) is 0 Å². The lowest BCUT2D eigenvalue weighted by Crippen LogP contribution is -2.48. The third-order valence-corrected chi connectivity index (χ3v) is 5.00. The molecule has 0 saturated carbocycles.